The van der Waals surface area contributed by atoms with Gasteiger partial charge in [0.15, 0.2) is 5.96 Å². The molecule has 2 unspecified atom stereocenters. The summed E-state index contributed by atoms with van der Waals surface area (Å²) >= 11 is 1.99. The van der Waals surface area contributed by atoms with Gasteiger partial charge in [0.05, 0.1) is 6.54 Å². The number of nitrogens with one attached hydrogen (secondary N) is 2. The van der Waals surface area contributed by atoms with Gasteiger partial charge in [-0.25, -0.2) is 4.99 Å². The van der Waals surface area contributed by atoms with E-state index in [9.17, 15) is 0 Å². The van der Waals surface area contributed by atoms with Crippen molar-refractivity contribution in [2.45, 2.75) is 64.3 Å². The van der Waals surface area contributed by atoms with Crippen LogP contribution in [0.15, 0.2) is 15.5 Å². The van der Waals surface area contributed by atoms with Gasteiger partial charge in [0.25, 0.3) is 0 Å². The maximum absolute atomic E-state index is 5.57. The lowest BCUT2D eigenvalue weighted by atomic mass is 9.95. The highest BCUT2D eigenvalue weighted by Gasteiger charge is 2.21. The van der Waals surface area contributed by atoms with Gasteiger partial charge in [-0.2, -0.15) is 11.8 Å². The van der Waals surface area contributed by atoms with Gasteiger partial charge < -0.3 is 15.1 Å². The van der Waals surface area contributed by atoms with Crippen LogP contribution < -0.4 is 10.6 Å². The lowest BCUT2D eigenvalue weighted by molar-refractivity contribution is 0.419. The van der Waals surface area contributed by atoms with Crippen LogP contribution in [0.1, 0.15) is 49.7 Å². The second-order valence-electron chi connectivity index (χ2n) is 6.00. The molecule has 4 nitrogen and oxygen atoms in total. The SMILES string of the molecule is CCNC(=NCc1cc(C)oc1C)NC1CCCC(SC)C1.I. The Kier molecular flexibility index (Phi) is 9.43. The first kappa shape index (κ1) is 20.7. The van der Waals surface area contributed by atoms with E-state index in [-0.39, 0.29) is 24.0 Å². The zero-order chi connectivity index (χ0) is 15.9. The molecule has 2 atom stereocenters. The lowest BCUT2D eigenvalue weighted by Crippen LogP contribution is -2.45. The number of thioether (sulfide) groups is 1. The highest BCUT2D eigenvalue weighted by molar-refractivity contribution is 14.0. The van der Waals surface area contributed by atoms with E-state index in [1.54, 1.807) is 0 Å². The quantitative estimate of drug-likeness (QED) is 0.400. The molecule has 0 radical (unpaired) electrons. The van der Waals surface area contributed by atoms with E-state index < -0.39 is 0 Å². The Labute approximate surface area is 161 Å². The topological polar surface area (TPSA) is 49.6 Å². The first-order chi connectivity index (χ1) is 10.6. The van der Waals surface area contributed by atoms with Crippen molar-refractivity contribution in [2.24, 2.45) is 4.99 Å². The third-order valence-corrected chi connectivity index (χ3v) is 5.29. The van der Waals surface area contributed by atoms with Gasteiger partial charge in [-0.3, -0.25) is 0 Å². The number of rotatable bonds is 5. The van der Waals surface area contributed by atoms with Crippen LogP contribution in [0.2, 0.25) is 0 Å². The molecule has 0 bridgehead atoms. The van der Waals surface area contributed by atoms with Crippen LogP contribution in [0.5, 0.6) is 0 Å². The third-order valence-electron chi connectivity index (χ3n) is 4.20. The van der Waals surface area contributed by atoms with Crippen LogP contribution >= 0.6 is 35.7 Å². The molecule has 6 heteroatoms. The number of furan rings is 1. The fourth-order valence-corrected chi connectivity index (χ4v) is 3.84. The van der Waals surface area contributed by atoms with Crippen molar-refractivity contribution in [3.8, 4) is 0 Å². The largest absolute Gasteiger partial charge is 0.466 e. The molecule has 0 aliphatic heterocycles. The Morgan fingerprint density at radius 2 is 2.17 bits per heavy atom. The molecule has 132 valence electrons. The standard InChI is InChI=1S/C17H29N3OS.HI/c1-5-18-17(19-11-14-9-12(2)21-13(14)3)20-15-7-6-8-16(10-15)22-4;/h9,15-16H,5-8,10-11H2,1-4H3,(H2,18,19,20);1H. The monoisotopic (exact) mass is 451 g/mol. The second-order valence-corrected chi connectivity index (χ2v) is 7.14. The van der Waals surface area contributed by atoms with Gasteiger partial charge in [0.1, 0.15) is 11.5 Å². The Balaban J connectivity index is 0.00000264. The normalized spacial score (nSPS) is 21.7. The van der Waals surface area contributed by atoms with E-state index in [0.29, 0.717) is 12.6 Å². The molecular weight excluding hydrogens is 421 g/mol. The first-order valence-electron chi connectivity index (χ1n) is 8.26. The van der Waals surface area contributed by atoms with E-state index in [4.69, 9.17) is 9.41 Å². The van der Waals surface area contributed by atoms with E-state index >= 15 is 0 Å². The Hall–Kier alpha value is -0.370. The number of guanidine groups is 1. The molecule has 0 spiro atoms. The molecule has 0 amide bonds. The van der Waals surface area contributed by atoms with Gasteiger partial charge in [-0.1, -0.05) is 6.42 Å². The highest BCUT2D eigenvalue weighted by atomic mass is 127. The molecule has 1 aliphatic rings. The molecular formula is C17H30IN3OS. The van der Waals surface area contributed by atoms with Crippen molar-refractivity contribution in [3.05, 3.63) is 23.2 Å². The minimum absolute atomic E-state index is 0. The number of hydrogen-bond acceptors (Lipinski definition) is 3. The summed E-state index contributed by atoms with van der Waals surface area (Å²) in [5.74, 6) is 2.85. The minimum Gasteiger partial charge on any atom is -0.466 e. The van der Waals surface area contributed by atoms with Crippen LogP contribution in [0.3, 0.4) is 0 Å². The zero-order valence-corrected chi connectivity index (χ0v) is 17.8. The number of nitrogens with zero attached hydrogens (tertiary/aromatic N) is 1. The molecule has 0 aromatic carbocycles. The molecule has 0 saturated heterocycles. The number of aliphatic imine (C=N–C) groups is 1. The van der Waals surface area contributed by atoms with Gasteiger partial charge in [-0.05, 0) is 52.4 Å². The van der Waals surface area contributed by atoms with Crippen molar-refractivity contribution in [2.75, 3.05) is 12.8 Å². The average molecular weight is 451 g/mol. The van der Waals surface area contributed by atoms with E-state index in [2.05, 4.69) is 29.9 Å². The molecule has 1 fully saturated rings. The maximum Gasteiger partial charge on any atom is 0.191 e. The molecule has 1 aliphatic carbocycles. The van der Waals surface area contributed by atoms with Crippen molar-refractivity contribution < 1.29 is 4.42 Å². The molecule has 1 aromatic rings. The van der Waals surface area contributed by atoms with Gasteiger partial charge in [0.2, 0.25) is 0 Å². The predicted octanol–water partition coefficient (Wildman–Crippen LogP) is 4.24. The first-order valence-corrected chi connectivity index (χ1v) is 9.54. The van der Waals surface area contributed by atoms with Gasteiger partial charge in [-0.15, -0.1) is 24.0 Å². The van der Waals surface area contributed by atoms with Crippen LogP contribution in [0.25, 0.3) is 0 Å². The Morgan fingerprint density at radius 1 is 1.39 bits per heavy atom. The fraction of sp³-hybridized carbons (Fsp3) is 0.706. The molecule has 1 aromatic heterocycles. The third kappa shape index (κ3) is 6.57. The maximum atomic E-state index is 5.57. The van der Waals surface area contributed by atoms with E-state index in [1.807, 2.05) is 25.6 Å². The number of hydrogen-bond donors (Lipinski definition) is 2. The van der Waals surface area contributed by atoms with Crippen molar-refractivity contribution in [1.82, 2.24) is 10.6 Å². The second kappa shape index (κ2) is 10.5. The summed E-state index contributed by atoms with van der Waals surface area (Å²) in [4.78, 5) is 4.73. The molecule has 23 heavy (non-hydrogen) atoms. The Morgan fingerprint density at radius 3 is 2.78 bits per heavy atom. The van der Waals surface area contributed by atoms with Crippen LogP contribution in [0, 0.1) is 13.8 Å². The van der Waals surface area contributed by atoms with E-state index in [1.165, 1.54) is 31.2 Å². The average Bonchev–Trinajstić information content (AvgIpc) is 2.83. The summed E-state index contributed by atoms with van der Waals surface area (Å²) in [5.41, 5.74) is 1.17. The number of halogens is 1. The summed E-state index contributed by atoms with van der Waals surface area (Å²) in [6, 6.07) is 2.61. The molecule has 2 rings (SSSR count). The molecule has 1 heterocycles. The van der Waals surface area contributed by atoms with Crippen molar-refractivity contribution in [1.29, 1.82) is 0 Å². The summed E-state index contributed by atoms with van der Waals surface area (Å²) in [6.45, 7) is 7.64. The minimum atomic E-state index is 0. The van der Waals surface area contributed by atoms with Gasteiger partial charge in [0, 0.05) is 23.4 Å². The summed E-state index contributed by atoms with van der Waals surface area (Å²) in [5, 5.41) is 7.76. The van der Waals surface area contributed by atoms with Gasteiger partial charge >= 0.3 is 0 Å². The van der Waals surface area contributed by atoms with Crippen molar-refractivity contribution >= 4 is 41.7 Å². The highest BCUT2D eigenvalue weighted by Crippen LogP contribution is 2.26. The Bertz CT molecular complexity index is 504. The summed E-state index contributed by atoms with van der Waals surface area (Å²) in [7, 11) is 0. The van der Waals surface area contributed by atoms with E-state index in [0.717, 1.165) is 29.3 Å². The molecule has 2 N–H and O–H groups in total. The zero-order valence-electron chi connectivity index (χ0n) is 14.6. The van der Waals surface area contributed by atoms with Crippen molar-refractivity contribution in [3.63, 3.8) is 0 Å². The lowest BCUT2D eigenvalue weighted by Gasteiger charge is -2.29. The summed E-state index contributed by atoms with van der Waals surface area (Å²) in [6.07, 6.45) is 7.35. The van der Waals surface area contributed by atoms with Crippen LogP contribution in [-0.4, -0.2) is 30.1 Å². The molecule has 1 saturated carbocycles. The van der Waals surface area contributed by atoms with Crippen LogP contribution in [0.4, 0.5) is 0 Å². The summed E-state index contributed by atoms with van der Waals surface area (Å²) < 4.78 is 5.57. The fourth-order valence-electron chi connectivity index (χ4n) is 3.01. The number of aryl methyl sites for hydroxylation is 2. The van der Waals surface area contributed by atoms with Crippen LogP contribution in [-0.2, 0) is 6.54 Å². The predicted molar refractivity (Wildman–Crippen MR) is 111 cm³/mol. The smallest absolute Gasteiger partial charge is 0.191 e.